The number of fused-ring (bicyclic) bond motifs is 1. The maximum absolute atomic E-state index is 11.9. The number of hydrogen-bond donors (Lipinski definition) is 1. The molecule has 2 aliphatic heterocycles. The molecule has 1 amide bonds. The first-order valence-electron chi connectivity index (χ1n) is 6.41. The van der Waals surface area contributed by atoms with Gasteiger partial charge in [0.2, 0.25) is 5.91 Å². The summed E-state index contributed by atoms with van der Waals surface area (Å²) in [5.41, 5.74) is 2.11. The van der Waals surface area contributed by atoms with Gasteiger partial charge in [0.05, 0.1) is 24.7 Å². The van der Waals surface area contributed by atoms with Gasteiger partial charge in [-0.15, -0.1) is 0 Å². The molecule has 1 aromatic carbocycles. The standard InChI is InChI=1S/C15H16N2O2/c1-14(2)11-5-10(3-4-12(11)17-13(14)18)6-15(7-16)8-19-9-15/h3-5H,6,8-9H2,1-2H3,(H,17,18). The number of nitrogens with zero attached hydrogens (tertiary/aromatic N) is 1. The first-order chi connectivity index (χ1) is 8.97. The number of hydrogen-bond acceptors (Lipinski definition) is 3. The number of anilines is 1. The summed E-state index contributed by atoms with van der Waals surface area (Å²) in [4.78, 5) is 11.9. The predicted octanol–water partition coefficient (Wildman–Crippen LogP) is 2.00. The molecule has 0 spiro atoms. The topological polar surface area (TPSA) is 62.1 Å². The molecule has 0 radical (unpaired) electrons. The van der Waals surface area contributed by atoms with E-state index in [2.05, 4.69) is 11.4 Å². The third-order valence-electron chi connectivity index (χ3n) is 4.11. The molecule has 1 N–H and O–H groups in total. The molecule has 1 fully saturated rings. The Balaban J connectivity index is 1.93. The van der Waals surface area contributed by atoms with Gasteiger partial charge in [-0.2, -0.15) is 5.26 Å². The second-order valence-corrected chi connectivity index (χ2v) is 6.02. The Labute approximate surface area is 112 Å². The molecule has 3 rings (SSSR count). The molecule has 0 unspecified atom stereocenters. The van der Waals surface area contributed by atoms with Crippen molar-refractivity contribution in [1.29, 1.82) is 5.26 Å². The first kappa shape index (κ1) is 12.2. The highest BCUT2D eigenvalue weighted by molar-refractivity contribution is 6.05. The van der Waals surface area contributed by atoms with Gasteiger partial charge in [0.25, 0.3) is 0 Å². The highest BCUT2D eigenvalue weighted by Crippen LogP contribution is 2.39. The fourth-order valence-corrected chi connectivity index (χ4v) is 2.67. The van der Waals surface area contributed by atoms with Crippen LogP contribution >= 0.6 is 0 Å². The number of amides is 1. The van der Waals surface area contributed by atoms with Gasteiger partial charge in [-0.25, -0.2) is 0 Å². The van der Waals surface area contributed by atoms with Gasteiger partial charge in [0, 0.05) is 5.69 Å². The molecule has 2 heterocycles. The number of carbonyl (C=O) groups is 1. The predicted molar refractivity (Wildman–Crippen MR) is 70.7 cm³/mol. The summed E-state index contributed by atoms with van der Waals surface area (Å²) in [5, 5.41) is 12.1. The molecule has 0 atom stereocenters. The molecule has 0 bridgehead atoms. The zero-order valence-corrected chi connectivity index (χ0v) is 11.1. The van der Waals surface area contributed by atoms with Gasteiger partial charge in [-0.3, -0.25) is 4.79 Å². The van der Waals surface area contributed by atoms with Crippen molar-refractivity contribution in [2.45, 2.75) is 25.7 Å². The van der Waals surface area contributed by atoms with Crippen LogP contribution < -0.4 is 5.32 Å². The van der Waals surface area contributed by atoms with E-state index in [0.29, 0.717) is 19.6 Å². The molecule has 19 heavy (non-hydrogen) atoms. The molecule has 0 aliphatic carbocycles. The fraction of sp³-hybridized carbons (Fsp3) is 0.467. The fourth-order valence-electron chi connectivity index (χ4n) is 2.67. The van der Waals surface area contributed by atoms with Crippen molar-refractivity contribution in [3.05, 3.63) is 29.3 Å². The SMILES string of the molecule is CC1(C)C(=O)Nc2ccc(CC3(C#N)COC3)cc21. The normalized spacial score (nSPS) is 22.1. The number of rotatable bonds is 2. The van der Waals surface area contributed by atoms with Crippen LogP contribution in [0.1, 0.15) is 25.0 Å². The van der Waals surface area contributed by atoms with Gasteiger partial charge < -0.3 is 10.1 Å². The second kappa shape index (κ2) is 3.82. The van der Waals surface area contributed by atoms with Crippen LogP contribution in [0.15, 0.2) is 18.2 Å². The highest BCUT2D eigenvalue weighted by atomic mass is 16.5. The number of carbonyl (C=O) groups excluding carboxylic acids is 1. The lowest BCUT2D eigenvalue weighted by atomic mass is 9.79. The van der Waals surface area contributed by atoms with Crippen LogP contribution in [0.25, 0.3) is 0 Å². The smallest absolute Gasteiger partial charge is 0.234 e. The van der Waals surface area contributed by atoms with Crippen LogP contribution in [0.5, 0.6) is 0 Å². The van der Waals surface area contributed by atoms with Crippen molar-refractivity contribution >= 4 is 11.6 Å². The summed E-state index contributed by atoms with van der Waals surface area (Å²) < 4.78 is 5.16. The van der Waals surface area contributed by atoms with Gasteiger partial charge in [-0.05, 0) is 37.5 Å². The van der Waals surface area contributed by atoms with Crippen molar-refractivity contribution in [3.8, 4) is 6.07 Å². The number of nitriles is 1. The first-order valence-corrected chi connectivity index (χ1v) is 6.41. The minimum Gasteiger partial charge on any atom is -0.378 e. The van der Waals surface area contributed by atoms with Crippen molar-refractivity contribution in [3.63, 3.8) is 0 Å². The Morgan fingerprint density at radius 1 is 1.42 bits per heavy atom. The van der Waals surface area contributed by atoms with E-state index in [4.69, 9.17) is 4.74 Å². The van der Waals surface area contributed by atoms with Gasteiger partial charge in [0.1, 0.15) is 5.41 Å². The lowest BCUT2D eigenvalue weighted by Crippen LogP contribution is -2.43. The minimum absolute atomic E-state index is 0.0293. The molecule has 0 saturated carbocycles. The number of nitrogens with one attached hydrogen (secondary N) is 1. The van der Waals surface area contributed by atoms with Gasteiger partial charge >= 0.3 is 0 Å². The summed E-state index contributed by atoms with van der Waals surface area (Å²) in [5.74, 6) is 0.0293. The Bertz CT molecular complexity index is 595. The van der Waals surface area contributed by atoms with E-state index in [9.17, 15) is 10.1 Å². The Morgan fingerprint density at radius 3 is 2.74 bits per heavy atom. The van der Waals surface area contributed by atoms with E-state index in [1.165, 1.54) is 0 Å². The van der Waals surface area contributed by atoms with Gasteiger partial charge in [-0.1, -0.05) is 12.1 Å². The lowest BCUT2D eigenvalue weighted by molar-refractivity contribution is -0.119. The third-order valence-corrected chi connectivity index (χ3v) is 4.11. The van der Waals surface area contributed by atoms with Crippen LogP contribution in [-0.2, 0) is 21.4 Å². The third kappa shape index (κ3) is 1.73. The summed E-state index contributed by atoms with van der Waals surface area (Å²) in [6, 6.07) is 8.32. The molecular weight excluding hydrogens is 240 g/mol. The Morgan fingerprint density at radius 2 is 2.16 bits per heavy atom. The zero-order valence-electron chi connectivity index (χ0n) is 11.1. The molecule has 0 aromatic heterocycles. The number of ether oxygens (including phenoxy) is 1. The molecule has 98 valence electrons. The largest absolute Gasteiger partial charge is 0.378 e. The van der Waals surface area contributed by atoms with Crippen LogP contribution in [0.4, 0.5) is 5.69 Å². The van der Waals surface area contributed by atoms with Crippen molar-refractivity contribution in [1.82, 2.24) is 0 Å². The average Bonchev–Trinajstić information content (AvgIpc) is 2.56. The quantitative estimate of drug-likeness (QED) is 0.880. The van der Waals surface area contributed by atoms with Gasteiger partial charge in [0.15, 0.2) is 0 Å². The molecular formula is C15H16N2O2. The molecule has 1 saturated heterocycles. The molecule has 4 heteroatoms. The molecule has 1 aromatic rings. The van der Waals surface area contributed by atoms with Crippen molar-refractivity contribution in [2.75, 3.05) is 18.5 Å². The number of benzene rings is 1. The van der Waals surface area contributed by atoms with Crippen LogP contribution in [0, 0.1) is 16.7 Å². The Kier molecular flexibility index (Phi) is 2.45. The van der Waals surface area contributed by atoms with Crippen molar-refractivity contribution in [2.24, 2.45) is 5.41 Å². The Hall–Kier alpha value is -1.86. The minimum atomic E-state index is -0.499. The lowest BCUT2D eigenvalue weighted by Gasteiger charge is -2.35. The zero-order chi connectivity index (χ0) is 13.7. The summed E-state index contributed by atoms with van der Waals surface area (Å²) >= 11 is 0. The average molecular weight is 256 g/mol. The van der Waals surface area contributed by atoms with E-state index in [-0.39, 0.29) is 11.3 Å². The van der Waals surface area contributed by atoms with E-state index < -0.39 is 5.41 Å². The van der Waals surface area contributed by atoms with E-state index in [1.54, 1.807) is 0 Å². The van der Waals surface area contributed by atoms with Crippen LogP contribution in [0.3, 0.4) is 0 Å². The monoisotopic (exact) mass is 256 g/mol. The van der Waals surface area contributed by atoms with Crippen LogP contribution in [0.2, 0.25) is 0 Å². The summed E-state index contributed by atoms with van der Waals surface area (Å²) in [6.45, 7) is 4.84. The van der Waals surface area contributed by atoms with E-state index in [0.717, 1.165) is 16.8 Å². The maximum Gasteiger partial charge on any atom is 0.234 e. The van der Waals surface area contributed by atoms with Crippen LogP contribution in [-0.4, -0.2) is 19.1 Å². The molecule has 2 aliphatic rings. The summed E-state index contributed by atoms with van der Waals surface area (Å²) in [7, 11) is 0. The second-order valence-electron chi connectivity index (χ2n) is 6.02. The van der Waals surface area contributed by atoms with E-state index >= 15 is 0 Å². The van der Waals surface area contributed by atoms with E-state index in [1.807, 2.05) is 32.0 Å². The highest BCUT2D eigenvalue weighted by Gasteiger charge is 2.41. The maximum atomic E-state index is 11.9. The molecule has 4 nitrogen and oxygen atoms in total. The van der Waals surface area contributed by atoms with Crippen molar-refractivity contribution < 1.29 is 9.53 Å². The summed E-state index contributed by atoms with van der Waals surface area (Å²) in [6.07, 6.45) is 0.682.